The molecule has 0 saturated carbocycles. The van der Waals surface area contributed by atoms with Gasteiger partial charge in [0.05, 0.1) is 17.8 Å². The van der Waals surface area contributed by atoms with E-state index >= 15 is 0 Å². The zero-order chi connectivity index (χ0) is 14.3. The monoisotopic (exact) mass is 264 g/mol. The van der Waals surface area contributed by atoms with E-state index in [2.05, 4.69) is 5.32 Å². The Labute approximate surface area is 115 Å². The van der Waals surface area contributed by atoms with Crippen LogP contribution in [0.2, 0.25) is 0 Å². The molecule has 0 radical (unpaired) electrons. The summed E-state index contributed by atoms with van der Waals surface area (Å²) in [6, 6.07) is 7.42. The maximum atomic E-state index is 12.2. The van der Waals surface area contributed by atoms with Crippen molar-refractivity contribution in [3.63, 3.8) is 0 Å². The van der Waals surface area contributed by atoms with Gasteiger partial charge in [0.25, 0.3) is 0 Å². The van der Waals surface area contributed by atoms with Crippen molar-refractivity contribution in [2.24, 2.45) is 5.73 Å². The van der Waals surface area contributed by atoms with Gasteiger partial charge in [-0.1, -0.05) is 32.4 Å². The van der Waals surface area contributed by atoms with Gasteiger partial charge in [-0.2, -0.15) is 0 Å². The number of ether oxygens (including phenoxy) is 1. The van der Waals surface area contributed by atoms with Gasteiger partial charge >= 0.3 is 0 Å². The molecule has 1 unspecified atom stereocenters. The van der Waals surface area contributed by atoms with Crippen molar-refractivity contribution in [1.82, 2.24) is 0 Å². The lowest BCUT2D eigenvalue weighted by molar-refractivity contribution is -0.120. The van der Waals surface area contributed by atoms with Crippen molar-refractivity contribution >= 4 is 11.6 Å². The minimum absolute atomic E-state index is 0.179. The van der Waals surface area contributed by atoms with Gasteiger partial charge in [0.1, 0.15) is 5.75 Å². The summed E-state index contributed by atoms with van der Waals surface area (Å²) in [6.07, 6.45) is 2.44. The highest BCUT2D eigenvalue weighted by Gasteiger charge is 2.27. The molecule has 106 valence electrons. The Kier molecular flexibility index (Phi) is 5.83. The largest absolute Gasteiger partial charge is 0.491 e. The molecule has 0 spiro atoms. The van der Waals surface area contributed by atoms with Gasteiger partial charge in [-0.05, 0) is 31.9 Å². The number of nitrogens with two attached hydrogens (primary N) is 1. The fourth-order valence-electron chi connectivity index (χ4n) is 1.81. The Bertz CT molecular complexity index is 416. The van der Waals surface area contributed by atoms with E-state index in [4.69, 9.17) is 10.5 Å². The van der Waals surface area contributed by atoms with Crippen LogP contribution in [0.5, 0.6) is 5.75 Å². The zero-order valence-electron chi connectivity index (χ0n) is 12.0. The van der Waals surface area contributed by atoms with Gasteiger partial charge in [0.2, 0.25) is 5.91 Å². The van der Waals surface area contributed by atoms with Crippen LogP contribution < -0.4 is 15.8 Å². The number of carbonyl (C=O) groups is 1. The summed E-state index contributed by atoms with van der Waals surface area (Å²) in [5, 5.41) is 2.86. The van der Waals surface area contributed by atoms with E-state index in [0.717, 1.165) is 12.8 Å². The average molecular weight is 264 g/mol. The van der Waals surface area contributed by atoms with Gasteiger partial charge in [-0.15, -0.1) is 0 Å². The molecule has 1 aromatic carbocycles. The summed E-state index contributed by atoms with van der Waals surface area (Å²) in [6.45, 7) is 6.43. The first kappa shape index (κ1) is 15.5. The molecule has 0 aromatic heterocycles. The van der Waals surface area contributed by atoms with Crippen LogP contribution in [0.3, 0.4) is 0 Å². The molecule has 1 amide bonds. The van der Waals surface area contributed by atoms with Crippen LogP contribution >= 0.6 is 0 Å². The lowest BCUT2D eigenvalue weighted by atomic mass is 9.96. The van der Waals surface area contributed by atoms with Crippen LogP contribution in [0.25, 0.3) is 0 Å². The zero-order valence-corrected chi connectivity index (χ0v) is 12.0. The van der Waals surface area contributed by atoms with E-state index < -0.39 is 5.54 Å². The average Bonchev–Trinajstić information content (AvgIpc) is 2.37. The SMILES string of the molecule is CCCOc1ccccc1NC(=O)C(C)(N)CCC. The minimum Gasteiger partial charge on any atom is -0.491 e. The Morgan fingerprint density at radius 2 is 2.00 bits per heavy atom. The van der Waals surface area contributed by atoms with Crippen molar-refractivity contribution in [3.05, 3.63) is 24.3 Å². The second-order valence-corrected chi connectivity index (χ2v) is 4.97. The third-order valence-electron chi connectivity index (χ3n) is 2.89. The number of anilines is 1. The van der Waals surface area contributed by atoms with Crippen LogP contribution in [0.15, 0.2) is 24.3 Å². The van der Waals surface area contributed by atoms with Crippen LogP contribution in [-0.2, 0) is 4.79 Å². The molecule has 0 bridgehead atoms. The van der Waals surface area contributed by atoms with E-state index in [1.54, 1.807) is 6.92 Å². The standard InChI is InChI=1S/C15H24N2O2/c1-4-10-15(3,16)14(18)17-12-8-6-7-9-13(12)19-11-5-2/h6-9H,4-5,10-11,16H2,1-3H3,(H,17,18). The molecule has 0 aliphatic rings. The Morgan fingerprint density at radius 1 is 1.32 bits per heavy atom. The Morgan fingerprint density at radius 3 is 2.63 bits per heavy atom. The summed E-state index contributed by atoms with van der Waals surface area (Å²) in [5.41, 5.74) is 5.84. The highest BCUT2D eigenvalue weighted by atomic mass is 16.5. The normalized spacial score (nSPS) is 13.7. The smallest absolute Gasteiger partial charge is 0.244 e. The Balaban J connectivity index is 2.78. The molecule has 0 aliphatic carbocycles. The molecule has 3 N–H and O–H groups in total. The number of amides is 1. The Hall–Kier alpha value is -1.55. The van der Waals surface area contributed by atoms with Crippen molar-refractivity contribution < 1.29 is 9.53 Å². The maximum Gasteiger partial charge on any atom is 0.244 e. The first-order valence-corrected chi connectivity index (χ1v) is 6.83. The second-order valence-electron chi connectivity index (χ2n) is 4.97. The molecule has 19 heavy (non-hydrogen) atoms. The van der Waals surface area contributed by atoms with Gasteiger partial charge in [-0.25, -0.2) is 0 Å². The molecule has 1 atom stereocenters. The molecule has 4 nitrogen and oxygen atoms in total. The lowest BCUT2D eigenvalue weighted by Crippen LogP contribution is -2.48. The summed E-state index contributed by atoms with van der Waals surface area (Å²) < 4.78 is 5.60. The first-order valence-electron chi connectivity index (χ1n) is 6.83. The van der Waals surface area contributed by atoms with E-state index in [1.165, 1.54) is 0 Å². The minimum atomic E-state index is -0.855. The highest BCUT2D eigenvalue weighted by Crippen LogP contribution is 2.25. The number of hydrogen-bond donors (Lipinski definition) is 2. The van der Waals surface area contributed by atoms with Gasteiger partial charge in [0.15, 0.2) is 0 Å². The predicted molar refractivity (Wildman–Crippen MR) is 78.4 cm³/mol. The third kappa shape index (κ3) is 4.56. The van der Waals surface area contributed by atoms with E-state index in [1.807, 2.05) is 38.1 Å². The topological polar surface area (TPSA) is 64.3 Å². The number of benzene rings is 1. The molecular weight excluding hydrogens is 240 g/mol. The summed E-state index contributed by atoms with van der Waals surface area (Å²) in [7, 11) is 0. The highest BCUT2D eigenvalue weighted by molar-refractivity contribution is 5.98. The molecule has 0 saturated heterocycles. The second kappa shape index (κ2) is 7.14. The van der Waals surface area contributed by atoms with Crippen molar-refractivity contribution in [1.29, 1.82) is 0 Å². The number of rotatable bonds is 7. The summed E-state index contributed by atoms with van der Waals surface area (Å²) >= 11 is 0. The number of carbonyl (C=O) groups excluding carboxylic acids is 1. The molecule has 1 rings (SSSR count). The van der Waals surface area contributed by atoms with E-state index in [-0.39, 0.29) is 5.91 Å². The molecule has 1 aromatic rings. The third-order valence-corrected chi connectivity index (χ3v) is 2.89. The van der Waals surface area contributed by atoms with Gasteiger partial charge < -0.3 is 15.8 Å². The molecule has 0 heterocycles. The quantitative estimate of drug-likeness (QED) is 0.796. The van der Waals surface area contributed by atoms with Crippen molar-refractivity contribution in [2.45, 2.75) is 45.6 Å². The molecular formula is C15H24N2O2. The molecule has 4 heteroatoms. The summed E-state index contributed by atoms with van der Waals surface area (Å²) in [5.74, 6) is 0.506. The lowest BCUT2D eigenvalue weighted by Gasteiger charge is -2.23. The van der Waals surface area contributed by atoms with Gasteiger partial charge in [-0.3, -0.25) is 4.79 Å². The maximum absolute atomic E-state index is 12.2. The molecule has 0 fully saturated rings. The fraction of sp³-hybridized carbons (Fsp3) is 0.533. The number of nitrogens with one attached hydrogen (secondary N) is 1. The van der Waals surface area contributed by atoms with Crippen molar-refractivity contribution in [3.8, 4) is 5.75 Å². The van der Waals surface area contributed by atoms with Crippen LogP contribution in [0.1, 0.15) is 40.0 Å². The fourth-order valence-corrected chi connectivity index (χ4v) is 1.81. The summed E-state index contributed by atoms with van der Waals surface area (Å²) in [4.78, 5) is 12.2. The van der Waals surface area contributed by atoms with Crippen LogP contribution in [0.4, 0.5) is 5.69 Å². The predicted octanol–water partition coefficient (Wildman–Crippen LogP) is 2.93. The molecule has 0 aliphatic heterocycles. The van der Waals surface area contributed by atoms with Crippen molar-refractivity contribution in [2.75, 3.05) is 11.9 Å². The number of hydrogen-bond acceptors (Lipinski definition) is 3. The first-order chi connectivity index (χ1) is 9.01. The van der Waals surface area contributed by atoms with E-state index in [0.29, 0.717) is 24.5 Å². The van der Waals surface area contributed by atoms with Crippen LogP contribution in [0, 0.1) is 0 Å². The van der Waals surface area contributed by atoms with Crippen LogP contribution in [-0.4, -0.2) is 18.1 Å². The number of para-hydroxylation sites is 2. The van der Waals surface area contributed by atoms with Gasteiger partial charge in [0, 0.05) is 0 Å². The van der Waals surface area contributed by atoms with E-state index in [9.17, 15) is 4.79 Å².